The first-order valence-electron chi connectivity index (χ1n) is 6.45. The Morgan fingerprint density at radius 3 is 2.90 bits per heavy atom. The van der Waals surface area contributed by atoms with Gasteiger partial charge in [0.2, 0.25) is 5.91 Å². The lowest BCUT2D eigenvalue weighted by molar-refractivity contribution is -0.137. The summed E-state index contributed by atoms with van der Waals surface area (Å²) in [4.78, 5) is 38.8. The van der Waals surface area contributed by atoms with Gasteiger partial charge >= 0.3 is 5.97 Å². The second kappa shape index (κ2) is 6.23. The fourth-order valence-corrected chi connectivity index (χ4v) is 2.19. The number of hydrogen-bond donors (Lipinski definition) is 2. The maximum Gasteiger partial charge on any atom is 0.355 e. The molecule has 1 aromatic heterocycles. The summed E-state index contributed by atoms with van der Waals surface area (Å²) in [7, 11) is 0. The third-order valence-electron chi connectivity index (χ3n) is 3.32. The number of piperidine rings is 1. The van der Waals surface area contributed by atoms with Gasteiger partial charge in [-0.15, -0.1) is 0 Å². The van der Waals surface area contributed by atoms with E-state index >= 15 is 0 Å². The van der Waals surface area contributed by atoms with Crippen molar-refractivity contribution in [1.29, 1.82) is 0 Å². The molecule has 1 saturated heterocycles. The summed E-state index contributed by atoms with van der Waals surface area (Å²) < 4.78 is 4.92. The summed E-state index contributed by atoms with van der Waals surface area (Å²) in [5, 5.41) is 0. The van der Waals surface area contributed by atoms with Crippen LogP contribution < -0.4 is 5.73 Å². The first kappa shape index (κ1) is 14.1. The van der Waals surface area contributed by atoms with Crippen molar-refractivity contribution in [2.45, 2.75) is 12.8 Å². The lowest BCUT2D eigenvalue weighted by atomic mass is 9.97. The molecular weight excluding hydrogens is 262 g/mol. The Morgan fingerprint density at radius 1 is 1.45 bits per heavy atom. The zero-order chi connectivity index (χ0) is 14.5. The standard InChI is InChI=1S/C13H17N3O4/c14-12(18)9-3-2-6-16(7-9)11(17)8-20-13(19)10-4-1-5-15-10/h1,4-5,9,15H,2-3,6-8H2,(H2,14,18)/t9-/m0/s1. The summed E-state index contributed by atoms with van der Waals surface area (Å²) in [6, 6.07) is 3.23. The van der Waals surface area contributed by atoms with E-state index in [0.717, 1.165) is 6.42 Å². The fraction of sp³-hybridized carbons (Fsp3) is 0.462. The van der Waals surface area contributed by atoms with E-state index in [1.165, 1.54) is 4.90 Å². The lowest BCUT2D eigenvalue weighted by Gasteiger charge is -2.30. The summed E-state index contributed by atoms with van der Waals surface area (Å²) in [6.45, 7) is 0.528. The Hall–Kier alpha value is -2.31. The molecule has 0 unspecified atom stereocenters. The van der Waals surface area contributed by atoms with Crippen molar-refractivity contribution >= 4 is 17.8 Å². The van der Waals surface area contributed by atoms with E-state index in [0.29, 0.717) is 25.2 Å². The number of primary amides is 1. The number of aromatic amines is 1. The van der Waals surface area contributed by atoms with Gasteiger partial charge in [0, 0.05) is 19.3 Å². The quantitative estimate of drug-likeness (QED) is 0.750. The van der Waals surface area contributed by atoms with Gasteiger partial charge in [0.1, 0.15) is 5.69 Å². The van der Waals surface area contributed by atoms with Crippen LogP contribution in [0, 0.1) is 5.92 Å². The lowest BCUT2D eigenvalue weighted by Crippen LogP contribution is -2.45. The smallest absolute Gasteiger partial charge is 0.355 e. The molecule has 0 saturated carbocycles. The van der Waals surface area contributed by atoms with Crippen LogP contribution in [-0.2, 0) is 14.3 Å². The Balaban J connectivity index is 1.82. The fourth-order valence-electron chi connectivity index (χ4n) is 2.19. The molecule has 0 spiro atoms. The molecule has 1 atom stereocenters. The van der Waals surface area contributed by atoms with Crippen LogP contribution in [0.2, 0.25) is 0 Å². The van der Waals surface area contributed by atoms with E-state index in [4.69, 9.17) is 10.5 Å². The van der Waals surface area contributed by atoms with Crippen LogP contribution in [0.1, 0.15) is 23.3 Å². The van der Waals surface area contributed by atoms with Gasteiger partial charge in [-0.1, -0.05) is 0 Å². The highest BCUT2D eigenvalue weighted by Crippen LogP contribution is 2.16. The number of H-pyrrole nitrogens is 1. The van der Waals surface area contributed by atoms with Crippen LogP contribution in [0.4, 0.5) is 0 Å². The van der Waals surface area contributed by atoms with Crippen LogP contribution in [0.3, 0.4) is 0 Å². The molecule has 108 valence electrons. The number of esters is 1. The highest BCUT2D eigenvalue weighted by Gasteiger charge is 2.27. The van der Waals surface area contributed by atoms with Crippen molar-refractivity contribution < 1.29 is 19.1 Å². The predicted octanol–water partition coefficient (Wildman–Crippen LogP) is -0.105. The minimum absolute atomic E-state index is 0.298. The van der Waals surface area contributed by atoms with E-state index in [2.05, 4.69) is 4.98 Å². The van der Waals surface area contributed by atoms with Gasteiger partial charge in [-0.3, -0.25) is 9.59 Å². The predicted molar refractivity (Wildman–Crippen MR) is 69.6 cm³/mol. The van der Waals surface area contributed by atoms with Crippen molar-refractivity contribution in [2.75, 3.05) is 19.7 Å². The number of ether oxygens (including phenoxy) is 1. The molecule has 1 aliphatic rings. The topological polar surface area (TPSA) is 105 Å². The Labute approximate surface area is 116 Å². The zero-order valence-corrected chi connectivity index (χ0v) is 11.0. The third kappa shape index (κ3) is 3.37. The molecule has 2 amide bonds. The van der Waals surface area contributed by atoms with E-state index in [9.17, 15) is 14.4 Å². The molecule has 1 aromatic rings. The Morgan fingerprint density at radius 2 is 2.25 bits per heavy atom. The molecule has 2 heterocycles. The largest absolute Gasteiger partial charge is 0.451 e. The first-order valence-corrected chi connectivity index (χ1v) is 6.45. The minimum atomic E-state index is -0.577. The molecule has 2 rings (SSSR count). The van der Waals surface area contributed by atoms with Crippen molar-refractivity contribution in [3.63, 3.8) is 0 Å². The third-order valence-corrected chi connectivity index (χ3v) is 3.32. The molecule has 7 heteroatoms. The van der Waals surface area contributed by atoms with E-state index in [1.54, 1.807) is 18.3 Å². The highest BCUT2D eigenvalue weighted by molar-refractivity contribution is 5.89. The Bertz CT molecular complexity index is 498. The van der Waals surface area contributed by atoms with Crippen LogP contribution in [0.5, 0.6) is 0 Å². The second-order valence-electron chi connectivity index (χ2n) is 4.74. The molecule has 0 aromatic carbocycles. The van der Waals surface area contributed by atoms with Crippen molar-refractivity contribution in [1.82, 2.24) is 9.88 Å². The highest BCUT2D eigenvalue weighted by atomic mass is 16.5. The second-order valence-corrected chi connectivity index (χ2v) is 4.74. The Kier molecular flexibility index (Phi) is 4.39. The van der Waals surface area contributed by atoms with Crippen molar-refractivity contribution in [3.8, 4) is 0 Å². The first-order chi connectivity index (χ1) is 9.58. The zero-order valence-electron chi connectivity index (χ0n) is 11.0. The average Bonchev–Trinajstić information content (AvgIpc) is 2.98. The van der Waals surface area contributed by atoms with Gasteiger partial charge in [-0.25, -0.2) is 4.79 Å². The molecule has 7 nitrogen and oxygen atoms in total. The summed E-state index contributed by atoms with van der Waals surface area (Å²) in [5.41, 5.74) is 5.55. The van der Waals surface area contributed by atoms with Gasteiger partial charge < -0.3 is 20.4 Å². The van der Waals surface area contributed by atoms with Crippen LogP contribution in [0.25, 0.3) is 0 Å². The van der Waals surface area contributed by atoms with E-state index in [1.807, 2.05) is 0 Å². The number of hydrogen-bond acceptors (Lipinski definition) is 4. The van der Waals surface area contributed by atoms with Gasteiger partial charge in [0.15, 0.2) is 6.61 Å². The molecule has 1 fully saturated rings. The van der Waals surface area contributed by atoms with Crippen LogP contribution in [-0.4, -0.2) is 47.4 Å². The maximum absolute atomic E-state index is 11.9. The number of nitrogens with two attached hydrogens (primary N) is 1. The van der Waals surface area contributed by atoms with Crippen molar-refractivity contribution in [3.05, 3.63) is 24.0 Å². The molecule has 0 aliphatic carbocycles. The van der Waals surface area contributed by atoms with Gasteiger partial charge in [0.05, 0.1) is 5.92 Å². The number of nitrogens with zero attached hydrogens (tertiary/aromatic N) is 1. The minimum Gasteiger partial charge on any atom is -0.451 e. The summed E-state index contributed by atoms with van der Waals surface area (Å²) in [5.74, 6) is -1.60. The summed E-state index contributed by atoms with van der Waals surface area (Å²) >= 11 is 0. The number of rotatable bonds is 4. The van der Waals surface area contributed by atoms with E-state index < -0.39 is 11.9 Å². The number of aromatic nitrogens is 1. The molecular formula is C13H17N3O4. The number of amides is 2. The average molecular weight is 279 g/mol. The number of carbonyl (C=O) groups is 3. The number of carbonyl (C=O) groups excluding carboxylic acids is 3. The number of nitrogens with one attached hydrogen (secondary N) is 1. The van der Waals surface area contributed by atoms with E-state index in [-0.39, 0.29) is 18.4 Å². The maximum atomic E-state index is 11.9. The normalized spacial score (nSPS) is 18.6. The van der Waals surface area contributed by atoms with Crippen LogP contribution >= 0.6 is 0 Å². The van der Waals surface area contributed by atoms with Gasteiger partial charge in [-0.05, 0) is 25.0 Å². The van der Waals surface area contributed by atoms with Gasteiger partial charge in [-0.2, -0.15) is 0 Å². The van der Waals surface area contributed by atoms with Crippen LogP contribution in [0.15, 0.2) is 18.3 Å². The van der Waals surface area contributed by atoms with Gasteiger partial charge in [0.25, 0.3) is 5.91 Å². The summed E-state index contributed by atoms with van der Waals surface area (Å²) in [6.07, 6.45) is 3.02. The molecule has 0 bridgehead atoms. The molecule has 3 N–H and O–H groups in total. The molecule has 0 radical (unpaired) electrons. The van der Waals surface area contributed by atoms with Crippen molar-refractivity contribution in [2.24, 2.45) is 11.7 Å². The molecule has 1 aliphatic heterocycles. The SMILES string of the molecule is NC(=O)[C@H]1CCCN(C(=O)COC(=O)c2ccc[nH]2)C1. The monoisotopic (exact) mass is 279 g/mol. The number of likely N-dealkylation sites (tertiary alicyclic amines) is 1. The molecule has 20 heavy (non-hydrogen) atoms.